The Bertz CT molecular complexity index is 1390. The van der Waals surface area contributed by atoms with E-state index in [2.05, 4.69) is 4.98 Å². The van der Waals surface area contributed by atoms with Gasteiger partial charge >= 0.3 is 5.69 Å². The molecule has 10 heteroatoms. The monoisotopic (exact) mass is 368 g/mol. The number of aryl methyl sites for hydroxylation is 1. The second-order valence-corrected chi connectivity index (χ2v) is 6.24. The molecule has 0 saturated carbocycles. The molecule has 3 N–H and O–H groups in total. The minimum atomic E-state index is -0.773. The van der Waals surface area contributed by atoms with Crippen molar-refractivity contribution in [2.24, 2.45) is 14.1 Å². The van der Waals surface area contributed by atoms with E-state index >= 15 is 0 Å². The molecule has 10 nitrogen and oxygen atoms in total. The molecule has 0 atom stereocenters. The maximum Gasteiger partial charge on any atom is 0.332 e. The summed E-state index contributed by atoms with van der Waals surface area (Å²) in [5, 5.41) is 10.4. The number of fused-ring (bicyclic) bond motifs is 3. The van der Waals surface area contributed by atoms with Crippen LogP contribution in [0, 0.1) is 0 Å². The van der Waals surface area contributed by atoms with E-state index in [1.807, 2.05) is 30.3 Å². The third-order valence-electron chi connectivity index (χ3n) is 4.60. The number of anilines is 1. The third-order valence-corrected chi connectivity index (χ3v) is 4.60. The predicted molar refractivity (Wildman–Crippen MR) is 99.1 cm³/mol. The molecule has 0 aliphatic carbocycles. The summed E-state index contributed by atoms with van der Waals surface area (Å²) in [5.74, 6) is -0.433. The fourth-order valence-electron chi connectivity index (χ4n) is 3.13. The van der Waals surface area contributed by atoms with Crippen LogP contribution in [0.1, 0.15) is 5.56 Å². The summed E-state index contributed by atoms with van der Waals surface area (Å²) in [5.41, 5.74) is 4.16. The molecule has 0 aliphatic heterocycles. The van der Waals surface area contributed by atoms with E-state index in [0.717, 1.165) is 14.5 Å². The Morgan fingerprint density at radius 3 is 2.37 bits per heavy atom. The maximum absolute atomic E-state index is 12.7. The molecule has 0 radical (unpaired) electrons. The van der Waals surface area contributed by atoms with E-state index in [1.54, 1.807) is 0 Å². The Kier molecular flexibility index (Phi) is 3.45. The molecule has 0 bridgehead atoms. The molecule has 3 heterocycles. The Hall–Kier alpha value is -3.82. The average molecular weight is 368 g/mol. The molecule has 4 rings (SSSR count). The van der Waals surface area contributed by atoms with Crippen LogP contribution in [0.4, 0.5) is 5.69 Å². The second-order valence-electron chi connectivity index (χ2n) is 6.24. The van der Waals surface area contributed by atoms with Gasteiger partial charge in [0.15, 0.2) is 16.9 Å². The molecule has 0 aliphatic rings. The summed E-state index contributed by atoms with van der Waals surface area (Å²) in [4.78, 5) is 41.8. The van der Waals surface area contributed by atoms with Crippen molar-refractivity contribution < 1.29 is 5.11 Å². The molecule has 1 aromatic carbocycles. The highest BCUT2D eigenvalue weighted by atomic mass is 16.3. The number of aromatic nitrogens is 5. The van der Waals surface area contributed by atoms with Crippen molar-refractivity contribution in [3.05, 3.63) is 67.1 Å². The van der Waals surface area contributed by atoms with Crippen molar-refractivity contribution in [1.82, 2.24) is 23.1 Å². The smallest absolute Gasteiger partial charge is 0.332 e. The van der Waals surface area contributed by atoms with Gasteiger partial charge in [0.2, 0.25) is 11.7 Å². The van der Waals surface area contributed by atoms with Crippen molar-refractivity contribution in [2.45, 2.75) is 6.54 Å². The molecule has 0 spiro atoms. The van der Waals surface area contributed by atoms with Crippen LogP contribution in [-0.2, 0) is 20.6 Å². The second kappa shape index (κ2) is 5.59. The molecular formula is C17H16N6O4. The Morgan fingerprint density at radius 2 is 1.70 bits per heavy atom. The molecule has 138 valence electrons. The summed E-state index contributed by atoms with van der Waals surface area (Å²) in [7, 11) is 2.77. The summed E-state index contributed by atoms with van der Waals surface area (Å²) in [6.07, 6.45) is 0. The molecule has 27 heavy (non-hydrogen) atoms. The summed E-state index contributed by atoms with van der Waals surface area (Å²) >= 11 is 0. The normalized spacial score (nSPS) is 11.5. The number of hydrogen-bond donors (Lipinski definition) is 2. The zero-order chi connectivity index (χ0) is 19.5. The van der Waals surface area contributed by atoms with E-state index < -0.39 is 28.4 Å². The summed E-state index contributed by atoms with van der Waals surface area (Å²) in [6, 6.07) is 9.18. The zero-order valence-corrected chi connectivity index (χ0v) is 14.6. The van der Waals surface area contributed by atoms with Crippen molar-refractivity contribution in [3.63, 3.8) is 0 Å². The van der Waals surface area contributed by atoms with Crippen LogP contribution in [0.5, 0.6) is 5.88 Å². The van der Waals surface area contributed by atoms with Gasteiger partial charge in [0.1, 0.15) is 0 Å². The highest BCUT2D eigenvalue weighted by molar-refractivity contribution is 5.76. The Labute approximate surface area is 151 Å². The third kappa shape index (κ3) is 2.19. The first-order valence-corrected chi connectivity index (χ1v) is 8.06. The van der Waals surface area contributed by atoms with Gasteiger partial charge in [-0.1, -0.05) is 30.3 Å². The number of imidazole rings is 1. The van der Waals surface area contributed by atoms with E-state index in [9.17, 15) is 19.5 Å². The van der Waals surface area contributed by atoms with E-state index in [4.69, 9.17) is 5.73 Å². The lowest BCUT2D eigenvalue weighted by Crippen LogP contribution is -2.38. The first-order valence-electron chi connectivity index (χ1n) is 8.06. The first kappa shape index (κ1) is 16.6. The van der Waals surface area contributed by atoms with Gasteiger partial charge in [-0.05, 0) is 5.56 Å². The van der Waals surface area contributed by atoms with Crippen molar-refractivity contribution in [2.75, 3.05) is 5.73 Å². The fourth-order valence-corrected chi connectivity index (χ4v) is 3.13. The SMILES string of the molecule is Cn1c(=O)c2c(nc3n(Cc4ccccc4)c(O)c(N)c(=O)n23)n(C)c1=O. The van der Waals surface area contributed by atoms with Gasteiger partial charge in [-0.25, -0.2) is 9.20 Å². The lowest BCUT2D eigenvalue weighted by Gasteiger charge is -2.12. The van der Waals surface area contributed by atoms with Gasteiger partial charge in [-0.2, -0.15) is 4.98 Å². The molecule has 4 aromatic rings. The average Bonchev–Trinajstić information content (AvgIpc) is 3.08. The molecule has 3 aromatic heterocycles. The fraction of sp³-hybridized carbons (Fsp3) is 0.176. The molecule has 0 amide bonds. The van der Waals surface area contributed by atoms with Gasteiger partial charge in [-0.3, -0.25) is 23.3 Å². The highest BCUT2D eigenvalue weighted by Gasteiger charge is 2.23. The molecule has 0 saturated heterocycles. The number of nitrogens with two attached hydrogens (primary N) is 1. The van der Waals surface area contributed by atoms with E-state index in [0.29, 0.717) is 0 Å². The van der Waals surface area contributed by atoms with Crippen LogP contribution in [0.15, 0.2) is 44.7 Å². The van der Waals surface area contributed by atoms with E-state index in [1.165, 1.54) is 23.2 Å². The Balaban J connectivity index is 2.22. The topological polar surface area (TPSA) is 130 Å². The van der Waals surface area contributed by atoms with Gasteiger partial charge < -0.3 is 10.8 Å². The van der Waals surface area contributed by atoms with Crippen molar-refractivity contribution >= 4 is 22.6 Å². The molecule has 0 fully saturated rings. The van der Waals surface area contributed by atoms with Gasteiger partial charge in [-0.15, -0.1) is 0 Å². The van der Waals surface area contributed by atoms with Crippen molar-refractivity contribution in [3.8, 4) is 5.88 Å². The lowest BCUT2D eigenvalue weighted by atomic mass is 10.2. The summed E-state index contributed by atoms with van der Waals surface area (Å²) < 4.78 is 4.43. The number of benzene rings is 1. The number of nitrogens with zero attached hydrogens (tertiary/aromatic N) is 5. The standard InChI is InChI=1S/C17H16N6O4/c1-20-12-11(15(26)21(2)17(20)27)23-14(25)10(18)13(24)22(16(23)19-12)8-9-6-4-3-5-7-9/h3-7,24H,8,18H2,1-2H3. The maximum atomic E-state index is 12.7. The van der Waals surface area contributed by atoms with Gasteiger partial charge in [0.05, 0.1) is 6.54 Å². The predicted octanol–water partition coefficient (Wildman–Crippen LogP) is -0.617. The largest absolute Gasteiger partial charge is 0.493 e. The van der Waals surface area contributed by atoms with Crippen LogP contribution in [0.3, 0.4) is 0 Å². The van der Waals surface area contributed by atoms with Gasteiger partial charge in [0, 0.05) is 14.1 Å². The molecule has 0 unspecified atom stereocenters. The van der Waals surface area contributed by atoms with Crippen LogP contribution >= 0.6 is 0 Å². The minimum Gasteiger partial charge on any atom is -0.493 e. The summed E-state index contributed by atoms with van der Waals surface area (Å²) in [6.45, 7) is 0.165. The quantitative estimate of drug-likeness (QED) is 0.485. The highest BCUT2D eigenvalue weighted by Crippen LogP contribution is 2.22. The van der Waals surface area contributed by atoms with Crippen LogP contribution in [0.2, 0.25) is 0 Å². The zero-order valence-electron chi connectivity index (χ0n) is 14.6. The minimum absolute atomic E-state index is 0.0175. The van der Waals surface area contributed by atoms with Crippen molar-refractivity contribution in [1.29, 1.82) is 0 Å². The number of hydrogen-bond acceptors (Lipinski definition) is 6. The number of rotatable bonds is 2. The number of aromatic hydroxyl groups is 1. The van der Waals surface area contributed by atoms with Gasteiger partial charge in [0.25, 0.3) is 11.1 Å². The van der Waals surface area contributed by atoms with E-state index in [-0.39, 0.29) is 23.5 Å². The lowest BCUT2D eigenvalue weighted by molar-refractivity contribution is 0.423. The number of nitrogen functional groups attached to an aromatic ring is 1. The van der Waals surface area contributed by atoms with Crippen LogP contribution in [-0.4, -0.2) is 28.2 Å². The Morgan fingerprint density at radius 1 is 1.04 bits per heavy atom. The van der Waals surface area contributed by atoms with Crippen LogP contribution < -0.4 is 22.5 Å². The first-order chi connectivity index (χ1) is 12.8. The van der Waals surface area contributed by atoms with Crippen LogP contribution in [0.25, 0.3) is 16.9 Å². The molecular weight excluding hydrogens is 352 g/mol.